The van der Waals surface area contributed by atoms with Gasteiger partial charge in [-0.3, -0.25) is 4.79 Å². The molecule has 5 heteroatoms. The molecular weight excluding hydrogens is 286 g/mol. The number of rotatable bonds is 5. The maximum absolute atomic E-state index is 12.2. The van der Waals surface area contributed by atoms with Gasteiger partial charge in [0.25, 0.3) is 0 Å². The van der Waals surface area contributed by atoms with Crippen LogP contribution >= 0.6 is 11.8 Å². The second-order valence-corrected chi connectivity index (χ2v) is 6.52. The third-order valence-corrected chi connectivity index (χ3v) is 4.73. The number of carbonyl (C=O) groups is 2. The number of hydrogen-bond donors (Lipinski definition) is 1. The minimum absolute atomic E-state index is 0.0401. The summed E-state index contributed by atoms with van der Waals surface area (Å²) in [5.41, 5.74) is 1.22. The first-order chi connectivity index (χ1) is 10.1. The maximum atomic E-state index is 12.2. The normalized spacial score (nSPS) is 18.5. The molecule has 1 fully saturated rings. The van der Waals surface area contributed by atoms with Crippen molar-refractivity contribution in [3.63, 3.8) is 0 Å². The van der Waals surface area contributed by atoms with Crippen LogP contribution in [0.3, 0.4) is 0 Å². The number of carboxylic acid groups (broad SMARTS) is 1. The van der Waals surface area contributed by atoms with Gasteiger partial charge in [0.05, 0.1) is 0 Å². The van der Waals surface area contributed by atoms with Crippen LogP contribution in [0.5, 0.6) is 0 Å². The Morgan fingerprint density at radius 3 is 2.67 bits per heavy atom. The van der Waals surface area contributed by atoms with Gasteiger partial charge in [-0.1, -0.05) is 17.7 Å². The summed E-state index contributed by atoms with van der Waals surface area (Å²) in [6.07, 6.45) is 2.76. The third-order valence-electron chi connectivity index (χ3n) is 3.71. The Hall–Kier alpha value is -1.49. The van der Waals surface area contributed by atoms with Crippen molar-refractivity contribution in [1.82, 2.24) is 4.90 Å². The molecule has 0 aromatic heterocycles. The van der Waals surface area contributed by atoms with Gasteiger partial charge in [0.15, 0.2) is 0 Å². The number of aryl methyl sites for hydroxylation is 1. The number of benzene rings is 1. The molecule has 1 aliphatic heterocycles. The second-order valence-electron chi connectivity index (χ2n) is 5.35. The fourth-order valence-electron chi connectivity index (χ4n) is 2.52. The third kappa shape index (κ3) is 4.49. The Morgan fingerprint density at radius 2 is 2.00 bits per heavy atom. The van der Waals surface area contributed by atoms with Crippen molar-refractivity contribution in [3.8, 4) is 0 Å². The van der Waals surface area contributed by atoms with Gasteiger partial charge in [0.1, 0.15) is 6.04 Å². The zero-order valence-electron chi connectivity index (χ0n) is 12.2. The SMILES string of the molecule is Cc1ccc(SCCC(=O)N2CCCC[C@H]2C(=O)O)cc1. The molecule has 114 valence electrons. The highest BCUT2D eigenvalue weighted by Gasteiger charge is 2.31. The standard InChI is InChI=1S/C16H21NO3S/c1-12-5-7-13(8-6-12)21-11-9-15(18)17-10-3-2-4-14(17)16(19)20/h5-8,14H,2-4,9-11H2,1H3,(H,19,20)/t14-/m0/s1. The van der Waals surface area contributed by atoms with Crippen LogP contribution in [0, 0.1) is 6.92 Å². The van der Waals surface area contributed by atoms with E-state index in [1.54, 1.807) is 16.7 Å². The first-order valence-electron chi connectivity index (χ1n) is 7.29. The van der Waals surface area contributed by atoms with E-state index < -0.39 is 12.0 Å². The van der Waals surface area contributed by atoms with Crippen molar-refractivity contribution in [2.24, 2.45) is 0 Å². The smallest absolute Gasteiger partial charge is 0.326 e. The lowest BCUT2D eigenvalue weighted by Gasteiger charge is -2.33. The average molecular weight is 307 g/mol. The number of piperidine rings is 1. The Morgan fingerprint density at radius 1 is 1.29 bits per heavy atom. The Balaban J connectivity index is 1.83. The molecule has 1 aromatic carbocycles. The minimum Gasteiger partial charge on any atom is -0.480 e. The number of hydrogen-bond acceptors (Lipinski definition) is 3. The van der Waals surface area contributed by atoms with Crippen LogP contribution in [0.15, 0.2) is 29.2 Å². The van der Waals surface area contributed by atoms with E-state index in [2.05, 4.69) is 12.1 Å². The number of likely N-dealkylation sites (tertiary alicyclic amines) is 1. The summed E-state index contributed by atoms with van der Waals surface area (Å²) in [7, 11) is 0. The molecule has 0 radical (unpaired) electrons. The van der Waals surface area contributed by atoms with E-state index in [-0.39, 0.29) is 5.91 Å². The minimum atomic E-state index is -0.880. The number of thioether (sulfide) groups is 1. The first-order valence-corrected chi connectivity index (χ1v) is 8.28. The van der Waals surface area contributed by atoms with Gasteiger partial charge in [0.2, 0.25) is 5.91 Å². The molecule has 0 bridgehead atoms. The number of aliphatic carboxylic acids is 1. The van der Waals surface area contributed by atoms with Crippen molar-refractivity contribution >= 4 is 23.6 Å². The van der Waals surface area contributed by atoms with E-state index in [1.165, 1.54) is 5.56 Å². The molecule has 1 N–H and O–H groups in total. The van der Waals surface area contributed by atoms with Crippen molar-refractivity contribution in [2.45, 2.75) is 43.5 Å². The van der Waals surface area contributed by atoms with E-state index in [0.29, 0.717) is 25.1 Å². The molecule has 0 spiro atoms. The summed E-state index contributed by atoms with van der Waals surface area (Å²) in [6, 6.07) is 7.57. The average Bonchev–Trinajstić information content (AvgIpc) is 2.49. The van der Waals surface area contributed by atoms with Crippen LogP contribution in [-0.4, -0.2) is 40.2 Å². The lowest BCUT2D eigenvalue weighted by atomic mass is 10.0. The van der Waals surface area contributed by atoms with Gasteiger partial charge in [-0.2, -0.15) is 0 Å². The van der Waals surface area contributed by atoms with E-state index in [9.17, 15) is 14.7 Å². The number of nitrogens with zero attached hydrogens (tertiary/aromatic N) is 1. The van der Waals surface area contributed by atoms with Gasteiger partial charge in [-0.15, -0.1) is 11.8 Å². The molecule has 0 aliphatic carbocycles. The fourth-order valence-corrected chi connectivity index (χ4v) is 3.36. The lowest BCUT2D eigenvalue weighted by molar-refractivity contribution is -0.151. The van der Waals surface area contributed by atoms with Crippen molar-refractivity contribution in [2.75, 3.05) is 12.3 Å². The van der Waals surface area contributed by atoms with Crippen molar-refractivity contribution in [3.05, 3.63) is 29.8 Å². The van der Waals surface area contributed by atoms with Gasteiger partial charge in [0, 0.05) is 23.6 Å². The molecule has 1 aromatic rings. The molecule has 0 saturated carbocycles. The largest absolute Gasteiger partial charge is 0.480 e. The van der Waals surface area contributed by atoms with Crippen LogP contribution in [0.25, 0.3) is 0 Å². The highest BCUT2D eigenvalue weighted by atomic mass is 32.2. The summed E-state index contributed by atoms with van der Waals surface area (Å²) in [4.78, 5) is 26.1. The summed E-state index contributed by atoms with van der Waals surface area (Å²) in [5.74, 6) is -0.235. The molecule has 1 aliphatic rings. The van der Waals surface area contributed by atoms with E-state index in [1.807, 2.05) is 19.1 Å². The molecule has 1 atom stereocenters. The predicted molar refractivity (Wildman–Crippen MR) is 83.5 cm³/mol. The topological polar surface area (TPSA) is 57.6 Å². The van der Waals surface area contributed by atoms with Gasteiger partial charge >= 0.3 is 5.97 Å². The van der Waals surface area contributed by atoms with E-state index in [4.69, 9.17) is 0 Å². The molecule has 1 saturated heterocycles. The Labute approximate surface area is 129 Å². The lowest BCUT2D eigenvalue weighted by Crippen LogP contribution is -2.48. The number of carbonyl (C=O) groups excluding carboxylic acids is 1. The molecule has 0 unspecified atom stereocenters. The van der Waals surface area contributed by atoms with Gasteiger partial charge in [-0.25, -0.2) is 4.79 Å². The molecule has 21 heavy (non-hydrogen) atoms. The summed E-state index contributed by atoms with van der Waals surface area (Å²) in [5, 5.41) is 9.19. The van der Waals surface area contributed by atoms with Crippen LogP contribution in [0.1, 0.15) is 31.2 Å². The quantitative estimate of drug-likeness (QED) is 0.850. The monoisotopic (exact) mass is 307 g/mol. The summed E-state index contributed by atoms with van der Waals surface area (Å²) >= 11 is 1.64. The zero-order valence-corrected chi connectivity index (χ0v) is 13.1. The van der Waals surface area contributed by atoms with Gasteiger partial charge in [-0.05, 0) is 38.3 Å². The number of amides is 1. The highest BCUT2D eigenvalue weighted by molar-refractivity contribution is 7.99. The van der Waals surface area contributed by atoms with Crippen LogP contribution < -0.4 is 0 Å². The van der Waals surface area contributed by atoms with Crippen molar-refractivity contribution < 1.29 is 14.7 Å². The summed E-state index contributed by atoms with van der Waals surface area (Å²) < 4.78 is 0. The van der Waals surface area contributed by atoms with Crippen molar-refractivity contribution in [1.29, 1.82) is 0 Å². The molecule has 4 nitrogen and oxygen atoms in total. The van der Waals surface area contributed by atoms with E-state index >= 15 is 0 Å². The summed E-state index contributed by atoms with van der Waals surface area (Å²) in [6.45, 7) is 2.62. The zero-order chi connectivity index (χ0) is 15.2. The molecular formula is C16H21NO3S. The predicted octanol–water partition coefficient (Wildman–Crippen LogP) is 2.94. The molecule has 1 heterocycles. The highest BCUT2D eigenvalue weighted by Crippen LogP contribution is 2.22. The molecule has 1 amide bonds. The van der Waals surface area contributed by atoms with Crippen LogP contribution in [-0.2, 0) is 9.59 Å². The Bertz CT molecular complexity index is 501. The Kier molecular flexibility index (Phi) is 5.67. The first kappa shape index (κ1) is 15.9. The maximum Gasteiger partial charge on any atom is 0.326 e. The van der Waals surface area contributed by atoms with Gasteiger partial charge < -0.3 is 10.0 Å². The molecule has 2 rings (SSSR count). The second kappa shape index (κ2) is 7.50. The van der Waals surface area contributed by atoms with Crippen LogP contribution in [0.2, 0.25) is 0 Å². The van der Waals surface area contributed by atoms with Crippen LogP contribution in [0.4, 0.5) is 0 Å². The number of carboxylic acids is 1. The fraction of sp³-hybridized carbons (Fsp3) is 0.500. The van der Waals surface area contributed by atoms with E-state index in [0.717, 1.165) is 17.7 Å².